The summed E-state index contributed by atoms with van der Waals surface area (Å²) in [6.45, 7) is 4.02. The molecule has 1 aromatic carbocycles. The molecule has 0 aliphatic carbocycles. The predicted octanol–water partition coefficient (Wildman–Crippen LogP) is 4.06. The third-order valence-electron chi connectivity index (χ3n) is 5.12. The molecule has 0 unspecified atom stereocenters. The van der Waals surface area contributed by atoms with Crippen LogP contribution < -0.4 is 15.2 Å². The molecule has 0 atom stereocenters. The molecule has 2 saturated heterocycles. The highest BCUT2D eigenvalue weighted by molar-refractivity contribution is 9.10. The van der Waals surface area contributed by atoms with E-state index in [1.807, 2.05) is 24.3 Å². The van der Waals surface area contributed by atoms with E-state index in [1.54, 1.807) is 6.21 Å². The molecule has 2 aliphatic rings. The van der Waals surface area contributed by atoms with Crippen LogP contribution in [0.15, 0.2) is 33.8 Å². The van der Waals surface area contributed by atoms with Crippen molar-refractivity contribution in [2.24, 2.45) is 5.10 Å². The lowest BCUT2D eigenvalue weighted by molar-refractivity contribution is 0.556. The molecule has 1 N–H and O–H groups in total. The van der Waals surface area contributed by atoms with E-state index >= 15 is 0 Å². The van der Waals surface area contributed by atoms with Gasteiger partial charge in [-0.1, -0.05) is 28.1 Å². The number of hydrogen-bond donors (Lipinski definition) is 1. The Kier molecular flexibility index (Phi) is 6.36. The summed E-state index contributed by atoms with van der Waals surface area (Å²) < 4.78 is 1.02. The van der Waals surface area contributed by atoms with E-state index in [0.717, 1.165) is 48.1 Å². The second-order valence-electron chi connectivity index (χ2n) is 7.28. The van der Waals surface area contributed by atoms with Crippen molar-refractivity contribution in [1.82, 2.24) is 15.0 Å². The fourth-order valence-electron chi connectivity index (χ4n) is 3.63. The Hall–Kier alpha value is -2.22. The number of nitrogens with one attached hydrogen (secondary N) is 1. The fourth-order valence-corrected chi connectivity index (χ4v) is 4.04. The molecule has 0 radical (unpaired) electrons. The molecule has 0 saturated carbocycles. The molecule has 4 rings (SSSR count). The minimum absolute atomic E-state index is 0.502. The van der Waals surface area contributed by atoms with E-state index in [9.17, 15) is 0 Å². The Labute approximate surface area is 174 Å². The third kappa shape index (κ3) is 4.98. The van der Waals surface area contributed by atoms with Crippen molar-refractivity contribution in [3.8, 4) is 0 Å². The van der Waals surface area contributed by atoms with Gasteiger partial charge >= 0.3 is 0 Å². The Morgan fingerprint density at radius 3 is 2.04 bits per heavy atom. The monoisotopic (exact) mass is 443 g/mol. The van der Waals surface area contributed by atoms with Crippen molar-refractivity contribution in [2.45, 2.75) is 38.5 Å². The van der Waals surface area contributed by atoms with Gasteiger partial charge in [-0.15, -0.1) is 0 Å². The first-order valence-electron chi connectivity index (χ1n) is 10.1. The van der Waals surface area contributed by atoms with E-state index in [1.165, 1.54) is 38.5 Å². The largest absolute Gasteiger partial charge is 0.341 e. The fraction of sp³-hybridized carbons (Fsp3) is 0.500. The average molecular weight is 444 g/mol. The molecule has 8 heteroatoms. The number of anilines is 3. The molecule has 28 heavy (non-hydrogen) atoms. The lowest BCUT2D eigenvalue weighted by Crippen LogP contribution is -2.34. The molecular formula is C20H26BrN7. The third-order valence-corrected chi connectivity index (χ3v) is 5.61. The summed E-state index contributed by atoms with van der Waals surface area (Å²) in [6, 6.07) is 7.99. The predicted molar refractivity (Wildman–Crippen MR) is 117 cm³/mol. The zero-order valence-corrected chi connectivity index (χ0v) is 17.6. The number of halogens is 1. The Morgan fingerprint density at radius 2 is 1.46 bits per heavy atom. The molecule has 148 valence electrons. The summed E-state index contributed by atoms with van der Waals surface area (Å²) in [5.74, 6) is 2.02. The number of nitrogens with zero attached hydrogens (tertiary/aromatic N) is 6. The summed E-state index contributed by atoms with van der Waals surface area (Å²) in [6.07, 6.45) is 9.09. The number of hydrazone groups is 1. The Morgan fingerprint density at radius 1 is 0.857 bits per heavy atom. The smallest absolute Gasteiger partial charge is 0.250 e. The van der Waals surface area contributed by atoms with Crippen LogP contribution in [0.2, 0.25) is 0 Å². The van der Waals surface area contributed by atoms with Crippen LogP contribution in [0.3, 0.4) is 0 Å². The van der Waals surface area contributed by atoms with Crippen molar-refractivity contribution < 1.29 is 0 Å². The number of rotatable bonds is 5. The molecule has 3 heterocycles. The maximum absolute atomic E-state index is 4.79. The van der Waals surface area contributed by atoms with Crippen molar-refractivity contribution in [3.63, 3.8) is 0 Å². The van der Waals surface area contributed by atoms with Gasteiger partial charge in [0.15, 0.2) is 0 Å². The Balaban J connectivity index is 1.55. The lowest BCUT2D eigenvalue weighted by atomic mass is 10.1. The minimum Gasteiger partial charge on any atom is -0.341 e. The second-order valence-corrected chi connectivity index (χ2v) is 8.20. The maximum atomic E-state index is 4.79. The molecular weight excluding hydrogens is 418 g/mol. The zero-order valence-electron chi connectivity index (χ0n) is 16.0. The first-order chi connectivity index (χ1) is 13.8. The van der Waals surface area contributed by atoms with Gasteiger partial charge in [0.05, 0.1) is 6.21 Å². The zero-order chi connectivity index (χ0) is 19.2. The van der Waals surface area contributed by atoms with Crippen LogP contribution in [0.5, 0.6) is 0 Å². The minimum atomic E-state index is 0.502. The first kappa shape index (κ1) is 19.1. The Bertz CT molecular complexity index is 778. The summed E-state index contributed by atoms with van der Waals surface area (Å²) in [4.78, 5) is 18.6. The van der Waals surface area contributed by atoms with Crippen LogP contribution in [0, 0.1) is 0 Å². The van der Waals surface area contributed by atoms with Gasteiger partial charge in [-0.05, 0) is 56.2 Å². The number of piperidine rings is 2. The number of aromatic nitrogens is 3. The van der Waals surface area contributed by atoms with Crippen LogP contribution >= 0.6 is 15.9 Å². The van der Waals surface area contributed by atoms with E-state index in [2.05, 4.69) is 46.2 Å². The van der Waals surface area contributed by atoms with E-state index < -0.39 is 0 Å². The molecule has 2 aromatic rings. The lowest BCUT2D eigenvalue weighted by Gasteiger charge is -2.30. The molecule has 2 fully saturated rings. The van der Waals surface area contributed by atoms with Gasteiger partial charge in [0.25, 0.3) is 0 Å². The van der Waals surface area contributed by atoms with E-state index in [4.69, 9.17) is 4.98 Å². The maximum Gasteiger partial charge on any atom is 0.250 e. The van der Waals surface area contributed by atoms with Crippen LogP contribution in [-0.2, 0) is 0 Å². The molecule has 2 aliphatic heterocycles. The van der Waals surface area contributed by atoms with Crippen LogP contribution in [-0.4, -0.2) is 47.3 Å². The number of hydrogen-bond acceptors (Lipinski definition) is 7. The molecule has 7 nitrogen and oxygen atoms in total. The van der Waals surface area contributed by atoms with Crippen LogP contribution in [0.25, 0.3) is 0 Å². The van der Waals surface area contributed by atoms with Gasteiger partial charge in [0, 0.05) is 30.7 Å². The van der Waals surface area contributed by atoms with Gasteiger partial charge in [-0.25, -0.2) is 5.43 Å². The summed E-state index contributed by atoms with van der Waals surface area (Å²) in [7, 11) is 0. The molecule has 0 amide bonds. The van der Waals surface area contributed by atoms with E-state index in [-0.39, 0.29) is 0 Å². The highest BCUT2D eigenvalue weighted by atomic mass is 79.9. The van der Waals surface area contributed by atoms with Crippen molar-refractivity contribution in [3.05, 3.63) is 34.3 Å². The average Bonchev–Trinajstić information content (AvgIpc) is 2.75. The van der Waals surface area contributed by atoms with Crippen molar-refractivity contribution >= 4 is 40.0 Å². The molecule has 0 spiro atoms. The van der Waals surface area contributed by atoms with Gasteiger partial charge < -0.3 is 9.80 Å². The SMILES string of the molecule is Brc1cccc(C=NNc2nc(N3CCCCC3)nc(N3CCCCC3)n2)c1. The summed E-state index contributed by atoms with van der Waals surface area (Å²) in [5, 5.41) is 4.34. The summed E-state index contributed by atoms with van der Waals surface area (Å²) in [5.41, 5.74) is 4.01. The van der Waals surface area contributed by atoms with Crippen LogP contribution in [0.1, 0.15) is 44.1 Å². The van der Waals surface area contributed by atoms with E-state index in [0.29, 0.717) is 5.95 Å². The normalized spacial score (nSPS) is 17.9. The van der Waals surface area contributed by atoms with Crippen molar-refractivity contribution in [1.29, 1.82) is 0 Å². The van der Waals surface area contributed by atoms with Gasteiger partial charge in [0.1, 0.15) is 0 Å². The van der Waals surface area contributed by atoms with Crippen molar-refractivity contribution in [2.75, 3.05) is 41.4 Å². The second kappa shape index (κ2) is 9.32. The number of benzene rings is 1. The highest BCUT2D eigenvalue weighted by Gasteiger charge is 2.20. The topological polar surface area (TPSA) is 69.5 Å². The summed E-state index contributed by atoms with van der Waals surface area (Å²) >= 11 is 3.48. The van der Waals surface area contributed by atoms with Gasteiger partial charge in [-0.2, -0.15) is 20.1 Å². The standard InChI is InChI=1S/C20H26BrN7/c21-17-9-7-8-16(14-17)15-22-26-18-23-19(27-10-3-1-4-11-27)25-20(24-18)28-12-5-2-6-13-28/h7-9,14-15H,1-6,10-13H2,(H,23,24,25,26). The highest BCUT2D eigenvalue weighted by Crippen LogP contribution is 2.22. The van der Waals surface area contributed by atoms with Gasteiger partial charge in [-0.3, -0.25) is 0 Å². The molecule has 1 aromatic heterocycles. The van der Waals surface area contributed by atoms with Crippen LogP contribution in [0.4, 0.5) is 17.8 Å². The quantitative estimate of drug-likeness (QED) is 0.554. The van der Waals surface area contributed by atoms with Gasteiger partial charge in [0.2, 0.25) is 17.8 Å². The first-order valence-corrected chi connectivity index (χ1v) is 10.9. The molecule has 0 bridgehead atoms.